The van der Waals surface area contributed by atoms with Crippen molar-refractivity contribution in [3.8, 4) is 0 Å². The van der Waals surface area contributed by atoms with Crippen molar-refractivity contribution in [3.05, 3.63) is 18.2 Å². The third-order valence-corrected chi connectivity index (χ3v) is 2.63. The first-order valence-electron chi connectivity index (χ1n) is 4.23. The molecule has 1 N–H and O–H groups in total. The van der Waals surface area contributed by atoms with Crippen LogP contribution in [0.15, 0.2) is 12.4 Å². The van der Waals surface area contributed by atoms with Crippen molar-refractivity contribution in [1.82, 2.24) is 9.97 Å². The van der Waals surface area contributed by atoms with Gasteiger partial charge in [-0.05, 0) is 12.8 Å². The highest BCUT2D eigenvalue weighted by atomic mass is 14.9. The second-order valence-corrected chi connectivity index (χ2v) is 3.21. The van der Waals surface area contributed by atoms with Crippen LogP contribution in [0.2, 0.25) is 0 Å². The van der Waals surface area contributed by atoms with Gasteiger partial charge in [-0.25, -0.2) is 4.98 Å². The molecule has 1 rings (SSSR count). The molecule has 0 aliphatic heterocycles. The Morgan fingerprint density at radius 2 is 2.09 bits per heavy atom. The summed E-state index contributed by atoms with van der Waals surface area (Å²) in [6.45, 7) is 6.64. The van der Waals surface area contributed by atoms with E-state index in [0.29, 0.717) is 0 Å². The smallest absolute Gasteiger partial charge is 0.111 e. The Balaban J connectivity index is 2.87. The predicted octanol–water partition coefficient (Wildman–Crippen LogP) is 2.49. The van der Waals surface area contributed by atoms with Crippen LogP contribution < -0.4 is 0 Å². The van der Waals surface area contributed by atoms with Crippen LogP contribution in [0, 0.1) is 0 Å². The maximum Gasteiger partial charge on any atom is 0.111 e. The molecule has 0 aromatic carbocycles. The normalized spacial score (nSPS) is 11.9. The minimum Gasteiger partial charge on any atom is -0.348 e. The molecule has 0 radical (unpaired) electrons. The fourth-order valence-corrected chi connectivity index (χ4v) is 1.18. The Morgan fingerprint density at radius 1 is 1.45 bits per heavy atom. The molecule has 0 saturated heterocycles. The van der Waals surface area contributed by atoms with Gasteiger partial charge in [-0.3, -0.25) is 0 Å². The third-order valence-electron chi connectivity index (χ3n) is 2.63. The van der Waals surface area contributed by atoms with E-state index in [1.807, 2.05) is 12.4 Å². The highest BCUT2D eigenvalue weighted by molar-refractivity contribution is 5.04. The predicted molar refractivity (Wildman–Crippen MR) is 46.5 cm³/mol. The first-order chi connectivity index (χ1) is 5.23. The van der Waals surface area contributed by atoms with Crippen molar-refractivity contribution in [2.45, 2.75) is 39.0 Å². The first kappa shape index (κ1) is 8.31. The van der Waals surface area contributed by atoms with E-state index in [-0.39, 0.29) is 5.41 Å². The molecule has 62 valence electrons. The van der Waals surface area contributed by atoms with Gasteiger partial charge in [0.05, 0.1) is 0 Å². The number of imidazole rings is 1. The zero-order chi connectivity index (χ0) is 8.32. The average Bonchev–Trinajstić information content (AvgIpc) is 2.55. The van der Waals surface area contributed by atoms with Gasteiger partial charge in [0.1, 0.15) is 5.82 Å². The Hall–Kier alpha value is -0.790. The van der Waals surface area contributed by atoms with Gasteiger partial charge in [0.25, 0.3) is 0 Å². The van der Waals surface area contributed by atoms with Crippen LogP contribution >= 0.6 is 0 Å². The second kappa shape index (κ2) is 3.07. The topological polar surface area (TPSA) is 28.7 Å². The van der Waals surface area contributed by atoms with Gasteiger partial charge in [-0.1, -0.05) is 20.8 Å². The molecule has 1 aromatic rings. The van der Waals surface area contributed by atoms with Crippen molar-refractivity contribution in [1.29, 1.82) is 0 Å². The van der Waals surface area contributed by atoms with E-state index >= 15 is 0 Å². The molecule has 0 unspecified atom stereocenters. The van der Waals surface area contributed by atoms with Crippen LogP contribution in [0.4, 0.5) is 0 Å². The highest BCUT2D eigenvalue weighted by Gasteiger charge is 2.24. The molecule has 0 saturated carbocycles. The van der Waals surface area contributed by atoms with Gasteiger partial charge in [-0.15, -0.1) is 0 Å². The van der Waals surface area contributed by atoms with Crippen LogP contribution in [-0.2, 0) is 5.41 Å². The number of nitrogens with zero attached hydrogens (tertiary/aromatic N) is 1. The van der Waals surface area contributed by atoms with Crippen molar-refractivity contribution >= 4 is 0 Å². The molecule has 0 amide bonds. The maximum absolute atomic E-state index is 4.27. The van der Waals surface area contributed by atoms with E-state index in [2.05, 4.69) is 30.7 Å². The molecule has 11 heavy (non-hydrogen) atoms. The number of hydrogen-bond donors (Lipinski definition) is 1. The fourth-order valence-electron chi connectivity index (χ4n) is 1.18. The summed E-state index contributed by atoms with van der Waals surface area (Å²) >= 11 is 0. The lowest BCUT2D eigenvalue weighted by Gasteiger charge is -2.23. The minimum atomic E-state index is 0.240. The van der Waals surface area contributed by atoms with Gasteiger partial charge in [0.15, 0.2) is 0 Å². The van der Waals surface area contributed by atoms with Crippen LogP contribution in [0.5, 0.6) is 0 Å². The maximum atomic E-state index is 4.27. The average molecular weight is 152 g/mol. The quantitative estimate of drug-likeness (QED) is 0.708. The van der Waals surface area contributed by atoms with E-state index in [1.165, 1.54) is 0 Å². The zero-order valence-corrected chi connectivity index (χ0v) is 7.52. The van der Waals surface area contributed by atoms with Crippen molar-refractivity contribution < 1.29 is 0 Å². The van der Waals surface area contributed by atoms with Gasteiger partial charge in [-0.2, -0.15) is 0 Å². The summed E-state index contributed by atoms with van der Waals surface area (Å²) in [5.74, 6) is 1.11. The van der Waals surface area contributed by atoms with Crippen LogP contribution in [0.1, 0.15) is 39.4 Å². The monoisotopic (exact) mass is 152 g/mol. The number of aromatic amines is 1. The molecule has 0 aliphatic carbocycles. The van der Waals surface area contributed by atoms with Crippen LogP contribution in [-0.4, -0.2) is 9.97 Å². The standard InChI is InChI=1S/C9H16N2/c1-4-9(3,5-2)8-10-6-7-11-8/h6-7H,4-5H2,1-3H3,(H,10,11). The summed E-state index contributed by atoms with van der Waals surface area (Å²) in [5, 5.41) is 0. The molecule has 0 spiro atoms. The molecular weight excluding hydrogens is 136 g/mol. The third kappa shape index (κ3) is 1.44. The van der Waals surface area contributed by atoms with Crippen molar-refractivity contribution in [2.75, 3.05) is 0 Å². The van der Waals surface area contributed by atoms with E-state index in [1.54, 1.807) is 0 Å². The molecule has 0 aliphatic rings. The summed E-state index contributed by atoms with van der Waals surface area (Å²) in [4.78, 5) is 7.44. The summed E-state index contributed by atoms with van der Waals surface area (Å²) in [5.41, 5.74) is 0.240. The second-order valence-electron chi connectivity index (χ2n) is 3.21. The van der Waals surface area contributed by atoms with Gasteiger partial charge < -0.3 is 4.98 Å². The number of H-pyrrole nitrogens is 1. The van der Waals surface area contributed by atoms with Gasteiger partial charge in [0, 0.05) is 17.8 Å². The molecule has 0 atom stereocenters. The van der Waals surface area contributed by atoms with Crippen LogP contribution in [0.3, 0.4) is 0 Å². The van der Waals surface area contributed by atoms with E-state index in [9.17, 15) is 0 Å². The number of rotatable bonds is 3. The summed E-state index contributed by atoms with van der Waals surface area (Å²) < 4.78 is 0. The minimum absolute atomic E-state index is 0.240. The van der Waals surface area contributed by atoms with Gasteiger partial charge in [0.2, 0.25) is 0 Å². The summed E-state index contributed by atoms with van der Waals surface area (Å²) in [6.07, 6.45) is 5.98. The van der Waals surface area contributed by atoms with Crippen LogP contribution in [0.25, 0.3) is 0 Å². The van der Waals surface area contributed by atoms with E-state index in [4.69, 9.17) is 0 Å². The van der Waals surface area contributed by atoms with Gasteiger partial charge >= 0.3 is 0 Å². The number of nitrogens with one attached hydrogen (secondary N) is 1. The zero-order valence-electron chi connectivity index (χ0n) is 7.52. The SMILES string of the molecule is CCC(C)(CC)c1ncc[nH]1. The Kier molecular flexibility index (Phi) is 2.32. The van der Waals surface area contributed by atoms with Crippen molar-refractivity contribution in [2.24, 2.45) is 0 Å². The highest BCUT2D eigenvalue weighted by Crippen LogP contribution is 2.27. The van der Waals surface area contributed by atoms with E-state index in [0.717, 1.165) is 18.7 Å². The number of aromatic nitrogens is 2. The Bertz CT molecular complexity index is 197. The number of hydrogen-bond acceptors (Lipinski definition) is 1. The summed E-state index contributed by atoms with van der Waals surface area (Å²) in [7, 11) is 0. The Labute approximate surface area is 68.0 Å². The fraction of sp³-hybridized carbons (Fsp3) is 0.667. The van der Waals surface area contributed by atoms with Crippen molar-refractivity contribution in [3.63, 3.8) is 0 Å². The molecule has 1 heterocycles. The lowest BCUT2D eigenvalue weighted by Crippen LogP contribution is -2.21. The lowest BCUT2D eigenvalue weighted by atomic mass is 9.84. The van der Waals surface area contributed by atoms with E-state index < -0.39 is 0 Å². The molecule has 0 bridgehead atoms. The molecule has 2 nitrogen and oxygen atoms in total. The largest absolute Gasteiger partial charge is 0.348 e. The lowest BCUT2D eigenvalue weighted by molar-refractivity contribution is 0.415. The first-order valence-corrected chi connectivity index (χ1v) is 4.23. The Morgan fingerprint density at radius 3 is 2.45 bits per heavy atom. The summed E-state index contributed by atoms with van der Waals surface area (Å²) in [6, 6.07) is 0. The molecule has 2 heteroatoms. The molecular formula is C9H16N2. The molecule has 0 fully saturated rings. The molecule has 1 aromatic heterocycles.